The molecule has 2 rings (SSSR count). The fourth-order valence-corrected chi connectivity index (χ4v) is 3.62. The van der Waals surface area contributed by atoms with E-state index in [1.165, 1.54) is 89.4 Å². The zero-order valence-corrected chi connectivity index (χ0v) is 19.0. The van der Waals surface area contributed by atoms with Crippen molar-refractivity contribution in [3.05, 3.63) is 42.4 Å². The molecule has 1 aromatic carbocycles. The molecule has 31 heavy (non-hydrogen) atoms. The van der Waals surface area contributed by atoms with Crippen molar-refractivity contribution in [3.63, 3.8) is 0 Å². The zero-order valence-electron chi connectivity index (χ0n) is 19.0. The van der Waals surface area contributed by atoms with E-state index in [-0.39, 0.29) is 5.69 Å². The highest BCUT2D eigenvalue weighted by Gasteiger charge is 2.06. The zero-order chi connectivity index (χ0) is 22.2. The molecular formula is C26H38N2O3. The van der Waals surface area contributed by atoms with Gasteiger partial charge < -0.3 is 9.84 Å². The van der Waals surface area contributed by atoms with Gasteiger partial charge in [-0.05, 0) is 30.7 Å². The van der Waals surface area contributed by atoms with Gasteiger partial charge in [-0.1, -0.05) is 84.0 Å². The predicted molar refractivity (Wildman–Crippen MR) is 126 cm³/mol. The average Bonchev–Trinajstić information content (AvgIpc) is 2.80. The highest BCUT2D eigenvalue weighted by Crippen LogP contribution is 2.20. The van der Waals surface area contributed by atoms with Crippen LogP contribution in [0, 0.1) is 0 Å². The average molecular weight is 427 g/mol. The monoisotopic (exact) mass is 426 g/mol. The topological polar surface area (TPSA) is 72.3 Å². The highest BCUT2D eigenvalue weighted by atomic mass is 16.5. The number of hydrogen-bond acceptors (Lipinski definition) is 4. The number of rotatable bonds is 17. The number of ether oxygens (including phenoxy) is 1. The third-order valence-electron chi connectivity index (χ3n) is 5.54. The van der Waals surface area contributed by atoms with Gasteiger partial charge in [0.05, 0.1) is 24.7 Å². The van der Waals surface area contributed by atoms with Gasteiger partial charge in [0.1, 0.15) is 5.75 Å². The lowest BCUT2D eigenvalue weighted by atomic mass is 10.0. The van der Waals surface area contributed by atoms with E-state index < -0.39 is 5.97 Å². The Labute approximate surface area is 187 Å². The molecule has 0 saturated heterocycles. The summed E-state index contributed by atoms with van der Waals surface area (Å²) in [6, 6.07) is 7.68. The summed E-state index contributed by atoms with van der Waals surface area (Å²) in [5.41, 5.74) is 1.48. The molecule has 170 valence electrons. The molecule has 0 saturated carbocycles. The van der Waals surface area contributed by atoms with Crippen molar-refractivity contribution in [2.24, 2.45) is 0 Å². The van der Waals surface area contributed by atoms with Gasteiger partial charge in [0, 0.05) is 5.56 Å². The summed E-state index contributed by atoms with van der Waals surface area (Å²) in [7, 11) is 0. The van der Waals surface area contributed by atoms with Gasteiger partial charge in [-0.15, -0.1) is 0 Å². The molecule has 0 aliphatic heterocycles. The van der Waals surface area contributed by atoms with Crippen LogP contribution in [0.5, 0.6) is 5.75 Å². The van der Waals surface area contributed by atoms with Crippen LogP contribution >= 0.6 is 0 Å². The Morgan fingerprint density at radius 3 is 1.81 bits per heavy atom. The van der Waals surface area contributed by atoms with Crippen molar-refractivity contribution in [2.45, 2.75) is 90.4 Å². The number of nitrogens with zero attached hydrogens (tertiary/aromatic N) is 2. The first-order valence-corrected chi connectivity index (χ1v) is 12.0. The lowest BCUT2D eigenvalue weighted by Crippen LogP contribution is -2.01. The second-order valence-corrected chi connectivity index (χ2v) is 8.21. The third-order valence-corrected chi connectivity index (χ3v) is 5.54. The molecule has 2 aromatic rings. The van der Waals surface area contributed by atoms with Gasteiger partial charge in [0.15, 0.2) is 5.69 Å². The van der Waals surface area contributed by atoms with Crippen LogP contribution < -0.4 is 4.74 Å². The minimum atomic E-state index is -1.07. The number of carboxylic acids is 1. The molecule has 0 radical (unpaired) electrons. The summed E-state index contributed by atoms with van der Waals surface area (Å²) in [5.74, 6) is -0.228. The number of carbonyl (C=O) groups is 1. The van der Waals surface area contributed by atoms with Crippen molar-refractivity contribution in [3.8, 4) is 17.0 Å². The van der Waals surface area contributed by atoms with Gasteiger partial charge in [0.2, 0.25) is 0 Å². The maximum absolute atomic E-state index is 10.8. The molecule has 1 heterocycles. The maximum Gasteiger partial charge on any atom is 0.356 e. The SMILES string of the molecule is CCCCCCCCCCCCCCCOc1ccc(-c2cnc(C(=O)O)cn2)cc1. The van der Waals surface area contributed by atoms with Gasteiger partial charge in [-0.3, -0.25) is 4.98 Å². The quantitative estimate of drug-likeness (QED) is 0.268. The van der Waals surface area contributed by atoms with Crippen molar-refractivity contribution < 1.29 is 14.6 Å². The first-order valence-electron chi connectivity index (χ1n) is 12.0. The van der Waals surface area contributed by atoms with E-state index in [4.69, 9.17) is 9.84 Å². The van der Waals surface area contributed by atoms with E-state index in [1.54, 1.807) is 0 Å². The van der Waals surface area contributed by atoms with Crippen molar-refractivity contribution in [1.29, 1.82) is 0 Å². The van der Waals surface area contributed by atoms with Gasteiger partial charge >= 0.3 is 5.97 Å². The van der Waals surface area contributed by atoms with E-state index in [1.807, 2.05) is 24.3 Å². The van der Waals surface area contributed by atoms with Crippen LogP contribution in [0.25, 0.3) is 11.3 Å². The molecule has 0 fully saturated rings. The van der Waals surface area contributed by atoms with E-state index >= 15 is 0 Å². The molecule has 0 unspecified atom stereocenters. The number of aromatic nitrogens is 2. The summed E-state index contributed by atoms with van der Waals surface area (Å²) < 4.78 is 5.83. The Balaban J connectivity index is 1.49. The van der Waals surface area contributed by atoms with Crippen LogP contribution in [0.4, 0.5) is 0 Å². The summed E-state index contributed by atoms with van der Waals surface area (Å²) in [4.78, 5) is 18.9. The Bertz CT molecular complexity index is 729. The fourth-order valence-electron chi connectivity index (χ4n) is 3.62. The van der Waals surface area contributed by atoms with Crippen LogP contribution in [0.3, 0.4) is 0 Å². The molecule has 0 atom stereocenters. The number of unbranched alkanes of at least 4 members (excludes halogenated alkanes) is 12. The van der Waals surface area contributed by atoms with Crippen molar-refractivity contribution >= 4 is 5.97 Å². The second-order valence-electron chi connectivity index (χ2n) is 8.21. The lowest BCUT2D eigenvalue weighted by Gasteiger charge is -2.07. The van der Waals surface area contributed by atoms with Crippen LogP contribution in [0.15, 0.2) is 36.7 Å². The first-order chi connectivity index (χ1) is 15.2. The minimum Gasteiger partial charge on any atom is -0.494 e. The minimum absolute atomic E-state index is 0.0542. The Hall–Kier alpha value is -2.43. The third kappa shape index (κ3) is 10.4. The molecule has 5 nitrogen and oxygen atoms in total. The molecule has 0 spiro atoms. The van der Waals surface area contributed by atoms with E-state index in [0.29, 0.717) is 5.69 Å². The van der Waals surface area contributed by atoms with Crippen molar-refractivity contribution in [1.82, 2.24) is 9.97 Å². The number of aromatic carboxylic acids is 1. The smallest absolute Gasteiger partial charge is 0.356 e. The van der Waals surface area contributed by atoms with Crippen LogP contribution in [-0.4, -0.2) is 27.7 Å². The normalized spacial score (nSPS) is 10.9. The lowest BCUT2D eigenvalue weighted by molar-refractivity contribution is 0.0690. The molecule has 0 amide bonds. The van der Waals surface area contributed by atoms with Crippen molar-refractivity contribution in [2.75, 3.05) is 6.61 Å². The Morgan fingerprint density at radius 1 is 0.774 bits per heavy atom. The summed E-state index contributed by atoms with van der Waals surface area (Å²) in [6.07, 6.45) is 20.3. The largest absolute Gasteiger partial charge is 0.494 e. The van der Waals surface area contributed by atoms with Crippen LogP contribution in [0.2, 0.25) is 0 Å². The summed E-state index contributed by atoms with van der Waals surface area (Å²) in [6.45, 7) is 3.01. The van der Waals surface area contributed by atoms with Gasteiger partial charge in [-0.2, -0.15) is 0 Å². The van der Waals surface area contributed by atoms with Crippen LogP contribution in [0.1, 0.15) is 101 Å². The summed E-state index contributed by atoms with van der Waals surface area (Å²) >= 11 is 0. The number of hydrogen-bond donors (Lipinski definition) is 1. The second kappa shape index (κ2) is 15.4. The van der Waals surface area contributed by atoms with E-state index in [9.17, 15) is 4.79 Å². The Kier molecular flexibility index (Phi) is 12.3. The number of carboxylic acid groups (broad SMARTS) is 1. The van der Waals surface area contributed by atoms with Gasteiger partial charge in [0.25, 0.3) is 0 Å². The van der Waals surface area contributed by atoms with E-state index in [0.717, 1.165) is 24.3 Å². The molecule has 1 N–H and O–H groups in total. The first kappa shape index (κ1) is 24.8. The fraction of sp³-hybridized carbons (Fsp3) is 0.577. The highest BCUT2D eigenvalue weighted by molar-refractivity contribution is 5.85. The standard InChI is InChI=1S/C26H38N2O3/c1-2-3-4-5-6-7-8-9-10-11-12-13-14-19-31-23-17-15-22(16-18-23)24-20-28-25(21-27-24)26(29)30/h15-18,20-21H,2-14,19H2,1H3,(H,29,30). The van der Waals surface area contributed by atoms with E-state index in [2.05, 4.69) is 16.9 Å². The maximum atomic E-state index is 10.8. The molecule has 0 bridgehead atoms. The molecule has 0 aliphatic carbocycles. The predicted octanol–water partition coefficient (Wildman–Crippen LogP) is 7.31. The van der Waals surface area contributed by atoms with Gasteiger partial charge in [-0.25, -0.2) is 9.78 Å². The molecule has 1 aromatic heterocycles. The molecule has 0 aliphatic rings. The van der Waals surface area contributed by atoms with Crippen LogP contribution in [-0.2, 0) is 0 Å². The molecule has 5 heteroatoms. The number of benzene rings is 1. The Morgan fingerprint density at radius 2 is 1.32 bits per heavy atom. The summed E-state index contributed by atoms with van der Waals surface area (Å²) in [5, 5.41) is 8.89. The molecular weight excluding hydrogens is 388 g/mol.